The van der Waals surface area contributed by atoms with E-state index in [1.165, 1.54) is 17.0 Å². The summed E-state index contributed by atoms with van der Waals surface area (Å²) < 4.78 is 10.4. The fourth-order valence-electron chi connectivity index (χ4n) is 2.54. The maximum Gasteiger partial charge on any atom is 0.350 e. The van der Waals surface area contributed by atoms with Gasteiger partial charge in [0, 0.05) is 24.5 Å². The molecule has 6 nitrogen and oxygen atoms in total. The van der Waals surface area contributed by atoms with Gasteiger partial charge in [0.1, 0.15) is 4.88 Å². The van der Waals surface area contributed by atoms with E-state index in [4.69, 9.17) is 9.47 Å². The molecular formula is C17H21N3O3S. The first-order chi connectivity index (χ1) is 11.7. The highest BCUT2D eigenvalue weighted by Crippen LogP contribution is 2.27. The Kier molecular flexibility index (Phi) is 5.32. The number of hydrogen-bond donors (Lipinski definition) is 1. The molecule has 3 rings (SSSR count). The van der Waals surface area contributed by atoms with Crippen LogP contribution in [0, 0.1) is 6.92 Å². The molecule has 7 heteroatoms. The summed E-state index contributed by atoms with van der Waals surface area (Å²) in [4.78, 5) is 19.1. The monoisotopic (exact) mass is 347 g/mol. The number of morpholine rings is 1. The van der Waals surface area contributed by atoms with Crippen LogP contribution in [0.2, 0.25) is 0 Å². The predicted octanol–water partition coefficient (Wildman–Crippen LogP) is 3.21. The molecule has 1 N–H and O–H groups in total. The lowest BCUT2D eigenvalue weighted by molar-refractivity contribution is 0.0531. The molecule has 1 aromatic heterocycles. The van der Waals surface area contributed by atoms with Crippen molar-refractivity contribution in [1.29, 1.82) is 0 Å². The van der Waals surface area contributed by atoms with Crippen molar-refractivity contribution in [3.63, 3.8) is 0 Å². The third kappa shape index (κ3) is 3.85. The summed E-state index contributed by atoms with van der Waals surface area (Å²) in [6.45, 7) is 7.35. The number of thiazole rings is 1. The zero-order chi connectivity index (χ0) is 16.9. The van der Waals surface area contributed by atoms with Crippen LogP contribution >= 0.6 is 11.3 Å². The van der Waals surface area contributed by atoms with Gasteiger partial charge in [-0.3, -0.25) is 0 Å². The summed E-state index contributed by atoms with van der Waals surface area (Å²) in [7, 11) is 0. The van der Waals surface area contributed by atoms with E-state index in [-0.39, 0.29) is 5.97 Å². The largest absolute Gasteiger partial charge is 0.462 e. The number of carbonyl (C=O) groups excluding carboxylic acids is 1. The molecule has 0 unspecified atom stereocenters. The van der Waals surface area contributed by atoms with Gasteiger partial charge in [0.05, 0.1) is 25.5 Å². The SMILES string of the molecule is CCOC(=O)c1sc(Nc2ccc(N3CCOCC3)cc2)nc1C. The second-order valence-electron chi connectivity index (χ2n) is 5.43. The average molecular weight is 347 g/mol. The van der Waals surface area contributed by atoms with Gasteiger partial charge in [-0.15, -0.1) is 0 Å². The fraction of sp³-hybridized carbons (Fsp3) is 0.412. The van der Waals surface area contributed by atoms with Crippen LogP contribution in [-0.4, -0.2) is 43.9 Å². The molecule has 0 spiro atoms. The van der Waals surface area contributed by atoms with E-state index in [1.807, 2.05) is 19.1 Å². The van der Waals surface area contributed by atoms with Crippen molar-refractivity contribution >= 4 is 33.8 Å². The third-order valence-electron chi connectivity index (χ3n) is 3.75. The van der Waals surface area contributed by atoms with E-state index in [0.29, 0.717) is 22.3 Å². The summed E-state index contributed by atoms with van der Waals surface area (Å²) >= 11 is 1.31. The molecule has 1 aliphatic rings. The molecule has 1 aromatic carbocycles. The highest BCUT2D eigenvalue weighted by molar-refractivity contribution is 7.17. The number of carbonyl (C=O) groups is 1. The predicted molar refractivity (Wildman–Crippen MR) is 95.6 cm³/mol. The summed E-state index contributed by atoms with van der Waals surface area (Å²) in [6, 6.07) is 8.21. The first kappa shape index (κ1) is 16.7. The van der Waals surface area contributed by atoms with Crippen LogP contribution in [0.1, 0.15) is 22.3 Å². The first-order valence-electron chi connectivity index (χ1n) is 8.01. The minimum absolute atomic E-state index is 0.316. The number of hydrogen-bond acceptors (Lipinski definition) is 7. The van der Waals surface area contributed by atoms with Crippen LogP contribution in [0.25, 0.3) is 0 Å². The second-order valence-corrected chi connectivity index (χ2v) is 6.42. The van der Waals surface area contributed by atoms with Crippen LogP contribution < -0.4 is 10.2 Å². The fourth-order valence-corrected chi connectivity index (χ4v) is 3.42. The number of nitrogens with zero attached hydrogens (tertiary/aromatic N) is 2. The zero-order valence-electron chi connectivity index (χ0n) is 13.9. The van der Waals surface area contributed by atoms with Gasteiger partial charge in [0.25, 0.3) is 0 Å². The highest BCUT2D eigenvalue weighted by Gasteiger charge is 2.16. The van der Waals surface area contributed by atoms with Gasteiger partial charge < -0.3 is 19.7 Å². The molecule has 24 heavy (non-hydrogen) atoms. The number of esters is 1. The molecule has 2 aromatic rings. The van der Waals surface area contributed by atoms with Crippen LogP contribution in [0.4, 0.5) is 16.5 Å². The minimum Gasteiger partial charge on any atom is -0.462 e. The Morgan fingerprint density at radius 3 is 2.71 bits per heavy atom. The van der Waals surface area contributed by atoms with E-state index >= 15 is 0 Å². The summed E-state index contributed by atoms with van der Waals surface area (Å²) in [6.07, 6.45) is 0. The van der Waals surface area contributed by atoms with Crippen molar-refractivity contribution in [3.05, 3.63) is 34.8 Å². The van der Waals surface area contributed by atoms with Crippen LogP contribution in [0.3, 0.4) is 0 Å². The Bertz CT molecular complexity index is 694. The van der Waals surface area contributed by atoms with Gasteiger partial charge in [-0.1, -0.05) is 11.3 Å². The second kappa shape index (κ2) is 7.63. The number of ether oxygens (including phenoxy) is 2. The van der Waals surface area contributed by atoms with Crippen molar-refractivity contribution in [3.8, 4) is 0 Å². The van der Waals surface area contributed by atoms with Gasteiger partial charge in [-0.2, -0.15) is 0 Å². The highest BCUT2D eigenvalue weighted by atomic mass is 32.1. The van der Waals surface area contributed by atoms with Crippen molar-refractivity contribution < 1.29 is 14.3 Å². The first-order valence-corrected chi connectivity index (χ1v) is 8.83. The topological polar surface area (TPSA) is 63.7 Å². The maximum absolute atomic E-state index is 11.9. The number of nitrogens with one attached hydrogen (secondary N) is 1. The van der Waals surface area contributed by atoms with E-state index in [1.54, 1.807) is 6.92 Å². The quantitative estimate of drug-likeness (QED) is 0.838. The summed E-state index contributed by atoms with van der Waals surface area (Å²) in [5.74, 6) is -0.316. The molecule has 1 saturated heterocycles. The smallest absolute Gasteiger partial charge is 0.350 e. The standard InChI is InChI=1S/C17H21N3O3S/c1-3-23-16(21)15-12(2)18-17(24-15)19-13-4-6-14(7-5-13)20-8-10-22-11-9-20/h4-7H,3,8-11H2,1-2H3,(H,18,19). The molecule has 2 heterocycles. The molecular weight excluding hydrogens is 326 g/mol. The lowest BCUT2D eigenvalue weighted by Gasteiger charge is -2.28. The van der Waals surface area contributed by atoms with Crippen molar-refractivity contribution in [2.24, 2.45) is 0 Å². The molecule has 0 bridgehead atoms. The Balaban J connectivity index is 1.67. The molecule has 1 fully saturated rings. The number of aromatic nitrogens is 1. The van der Waals surface area contributed by atoms with E-state index < -0.39 is 0 Å². The lowest BCUT2D eigenvalue weighted by Crippen LogP contribution is -2.36. The molecule has 128 valence electrons. The van der Waals surface area contributed by atoms with Gasteiger partial charge in [0.2, 0.25) is 0 Å². The number of anilines is 3. The van der Waals surface area contributed by atoms with Crippen LogP contribution in [0.5, 0.6) is 0 Å². The zero-order valence-corrected chi connectivity index (χ0v) is 14.7. The summed E-state index contributed by atoms with van der Waals surface area (Å²) in [5.41, 5.74) is 2.81. The Hall–Kier alpha value is -2.12. The third-order valence-corrected chi connectivity index (χ3v) is 4.81. The Morgan fingerprint density at radius 1 is 1.33 bits per heavy atom. The van der Waals surface area contributed by atoms with Crippen LogP contribution in [-0.2, 0) is 9.47 Å². The van der Waals surface area contributed by atoms with Gasteiger partial charge in [-0.25, -0.2) is 9.78 Å². The summed E-state index contributed by atoms with van der Waals surface area (Å²) in [5, 5.41) is 3.94. The van der Waals surface area contributed by atoms with Gasteiger partial charge in [0.15, 0.2) is 5.13 Å². The van der Waals surface area contributed by atoms with Crippen molar-refractivity contribution in [2.75, 3.05) is 43.1 Å². The molecule has 0 amide bonds. The molecule has 0 aliphatic carbocycles. The van der Waals surface area contributed by atoms with E-state index in [0.717, 1.165) is 32.0 Å². The molecule has 0 saturated carbocycles. The Labute approximate surface area is 145 Å². The minimum atomic E-state index is -0.316. The van der Waals surface area contributed by atoms with Crippen molar-refractivity contribution in [1.82, 2.24) is 4.98 Å². The number of rotatable bonds is 5. The van der Waals surface area contributed by atoms with Gasteiger partial charge >= 0.3 is 5.97 Å². The molecule has 0 atom stereocenters. The number of aryl methyl sites for hydroxylation is 1. The maximum atomic E-state index is 11.9. The van der Waals surface area contributed by atoms with E-state index in [9.17, 15) is 4.79 Å². The average Bonchev–Trinajstić information content (AvgIpc) is 2.97. The molecule has 0 radical (unpaired) electrons. The molecule has 1 aliphatic heterocycles. The number of benzene rings is 1. The van der Waals surface area contributed by atoms with Crippen LogP contribution in [0.15, 0.2) is 24.3 Å². The Morgan fingerprint density at radius 2 is 2.04 bits per heavy atom. The lowest BCUT2D eigenvalue weighted by atomic mass is 10.2. The normalized spacial score (nSPS) is 14.5. The van der Waals surface area contributed by atoms with E-state index in [2.05, 4.69) is 27.3 Å². The van der Waals surface area contributed by atoms with Gasteiger partial charge in [-0.05, 0) is 38.1 Å². The van der Waals surface area contributed by atoms with Crippen molar-refractivity contribution in [2.45, 2.75) is 13.8 Å².